The fraction of sp³-hybridized carbons (Fsp3) is 0.200. The monoisotopic (exact) mass is 308 g/mol. The molecule has 1 heterocycles. The Morgan fingerprint density at radius 3 is 2.78 bits per heavy atom. The van der Waals surface area contributed by atoms with Gasteiger partial charge in [-0.15, -0.1) is 10.2 Å². The maximum atomic E-state index is 13.4. The van der Waals surface area contributed by atoms with Gasteiger partial charge < -0.3 is 4.74 Å². The zero-order valence-electron chi connectivity index (χ0n) is 9.11. The molecule has 2 aromatic rings. The zero-order valence-corrected chi connectivity index (χ0v) is 11.5. The quantitative estimate of drug-likeness (QED) is 0.636. The predicted octanol–water partition coefficient (Wildman–Crippen LogP) is 3.77. The van der Waals surface area contributed by atoms with E-state index in [9.17, 15) is 8.78 Å². The van der Waals surface area contributed by atoms with E-state index in [0.29, 0.717) is 5.01 Å². The molecule has 0 saturated heterocycles. The Morgan fingerprint density at radius 2 is 2.11 bits per heavy atom. The highest BCUT2D eigenvalue weighted by molar-refractivity contribution is 8.00. The van der Waals surface area contributed by atoms with Crippen LogP contribution in [0.2, 0.25) is 5.02 Å². The molecule has 0 aliphatic rings. The van der Waals surface area contributed by atoms with E-state index < -0.39 is 11.6 Å². The molecule has 2 rings (SSSR count). The lowest BCUT2D eigenvalue weighted by atomic mass is 10.3. The highest BCUT2D eigenvalue weighted by Crippen LogP contribution is 2.27. The van der Waals surface area contributed by atoms with Crippen molar-refractivity contribution in [3.8, 4) is 5.75 Å². The van der Waals surface area contributed by atoms with E-state index in [2.05, 4.69) is 10.2 Å². The third-order valence-electron chi connectivity index (χ3n) is 1.97. The molecule has 0 bridgehead atoms. The lowest BCUT2D eigenvalue weighted by Crippen LogP contribution is -1.99. The number of aromatic nitrogens is 2. The molecule has 0 unspecified atom stereocenters. The Hall–Kier alpha value is -0.920. The van der Waals surface area contributed by atoms with Crippen LogP contribution in [0.5, 0.6) is 5.75 Å². The summed E-state index contributed by atoms with van der Waals surface area (Å²) in [4.78, 5) is 0. The van der Waals surface area contributed by atoms with E-state index in [-0.39, 0.29) is 17.4 Å². The van der Waals surface area contributed by atoms with Gasteiger partial charge in [-0.05, 0) is 18.4 Å². The fourth-order valence-electron chi connectivity index (χ4n) is 1.14. The third kappa shape index (κ3) is 2.90. The summed E-state index contributed by atoms with van der Waals surface area (Å²) >= 11 is 8.23. The second kappa shape index (κ2) is 5.81. The summed E-state index contributed by atoms with van der Waals surface area (Å²) < 4.78 is 32.5. The Balaban J connectivity index is 2.08. The highest BCUT2D eigenvalue weighted by Gasteiger charge is 2.14. The first kappa shape index (κ1) is 13.5. The Kier molecular flexibility index (Phi) is 4.36. The van der Waals surface area contributed by atoms with Gasteiger partial charge in [0.05, 0.1) is 5.02 Å². The van der Waals surface area contributed by atoms with Crippen molar-refractivity contribution in [1.82, 2.24) is 10.2 Å². The van der Waals surface area contributed by atoms with E-state index in [1.807, 2.05) is 6.26 Å². The molecule has 1 aromatic heterocycles. The van der Waals surface area contributed by atoms with Crippen LogP contribution in [0.4, 0.5) is 8.78 Å². The van der Waals surface area contributed by atoms with E-state index in [1.165, 1.54) is 35.2 Å². The molecule has 0 saturated carbocycles. The summed E-state index contributed by atoms with van der Waals surface area (Å²) in [5.74, 6) is -2.41. The number of benzene rings is 1. The maximum absolute atomic E-state index is 13.4. The van der Waals surface area contributed by atoms with Gasteiger partial charge in [0, 0.05) is 0 Å². The SMILES string of the molecule is CSc1nnc(COc2ccc(Cl)c(F)c2F)s1. The smallest absolute Gasteiger partial charge is 0.202 e. The molecule has 0 radical (unpaired) electrons. The molecule has 0 fully saturated rings. The summed E-state index contributed by atoms with van der Waals surface area (Å²) in [7, 11) is 0. The number of nitrogens with zero attached hydrogens (tertiary/aromatic N) is 2. The summed E-state index contributed by atoms with van der Waals surface area (Å²) in [5.41, 5.74) is 0. The van der Waals surface area contributed by atoms with E-state index >= 15 is 0 Å². The van der Waals surface area contributed by atoms with Crippen molar-refractivity contribution >= 4 is 34.7 Å². The largest absolute Gasteiger partial charge is 0.483 e. The standard InChI is InChI=1S/C10H7ClF2N2OS2/c1-17-10-15-14-7(18-10)4-16-6-3-2-5(11)8(12)9(6)13/h2-3H,4H2,1H3. The lowest BCUT2D eigenvalue weighted by molar-refractivity contribution is 0.283. The molecule has 0 spiro atoms. The second-order valence-corrected chi connectivity index (χ2v) is 5.65. The van der Waals surface area contributed by atoms with Gasteiger partial charge in [-0.1, -0.05) is 34.7 Å². The topological polar surface area (TPSA) is 35.0 Å². The van der Waals surface area contributed by atoms with Crippen LogP contribution in [0.3, 0.4) is 0 Å². The van der Waals surface area contributed by atoms with Crippen molar-refractivity contribution < 1.29 is 13.5 Å². The van der Waals surface area contributed by atoms with Gasteiger partial charge in [0.1, 0.15) is 6.61 Å². The van der Waals surface area contributed by atoms with Crippen molar-refractivity contribution in [1.29, 1.82) is 0 Å². The Labute approximate surface area is 115 Å². The van der Waals surface area contributed by atoms with Crippen molar-refractivity contribution in [2.45, 2.75) is 10.9 Å². The Morgan fingerprint density at radius 1 is 1.33 bits per heavy atom. The molecule has 0 amide bonds. The molecular weight excluding hydrogens is 302 g/mol. The van der Waals surface area contributed by atoms with E-state index in [0.717, 1.165) is 4.34 Å². The molecule has 0 aliphatic heterocycles. The van der Waals surface area contributed by atoms with Crippen LogP contribution >= 0.6 is 34.7 Å². The van der Waals surface area contributed by atoms with Crippen LogP contribution in [0.1, 0.15) is 5.01 Å². The lowest BCUT2D eigenvalue weighted by Gasteiger charge is -2.06. The highest BCUT2D eigenvalue weighted by atomic mass is 35.5. The minimum Gasteiger partial charge on any atom is -0.483 e. The molecule has 0 aliphatic carbocycles. The van der Waals surface area contributed by atoms with Crippen molar-refractivity contribution in [2.24, 2.45) is 0 Å². The molecule has 3 nitrogen and oxygen atoms in total. The van der Waals surface area contributed by atoms with Crippen LogP contribution in [-0.4, -0.2) is 16.5 Å². The van der Waals surface area contributed by atoms with E-state index in [1.54, 1.807) is 0 Å². The van der Waals surface area contributed by atoms with Gasteiger partial charge in [0.2, 0.25) is 5.82 Å². The normalized spacial score (nSPS) is 10.7. The maximum Gasteiger partial charge on any atom is 0.202 e. The zero-order chi connectivity index (χ0) is 13.1. The first-order valence-electron chi connectivity index (χ1n) is 4.74. The van der Waals surface area contributed by atoms with Crippen molar-refractivity contribution in [2.75, 3.05) is 6.26 Å². The first-order valence-corrected chi connectivity index (χ1v) is 7.16. The van der Waals surface area contributed by atoms with Gasteiger partial charge >= 0.3 is 0 Å². The molecule has 8 heteroatoms. The number of hydrogen-bond donors (Lipinski definition) is 0. The first-order chi connectivity index (χ1) is 8.61. The minimum absolute atomic E-state index is 0.0379. The number of halogens is 3. The summed E-state index contributed by atoms with van der Waals surface area (Å²) in [5, 5.41) is 8.03. The number of rotatable bonds is 4. The van der Waals surface area contributed by atoms with Crippen LogP contribution in [0, 0.1) is 11.6 Å². The summed E-state index contributed by atoms with van der Waals surface area (Å²) in [6, 6.07) is 2.51. The van der Waals surface area contributed by atoms with Gasteiger partial charge in [-0.25, -0.2) is 4.39 Å². The summed E-state index contributed by atoms with van der Waals surface area (Å²) in [6.45, 7) is 0.0379. The minimum atomic E-state index is -1.11. The number of ether oxygens (including phenoxy) is 1. The van der Waals surface area contributed by atoms with Gasteiger partial charge in [-0.3, -0.25) is 0 Å². The average molecular weight is 309 g/mol. The fourth-order valence-corrected chi connectivity index (χ4v) is 2.51. The van der Waals surface area contributed by atoms with Crippen LogP contribution < -0.4 is 4.74 Å². The summed E-state index contributed by atoms with van der Waals surface area (Å²) in [6.07, 6.45) is 1.87. The van der Waals surface area contributed by atoms with Crippen LogP contribution in [0.15, 0.2) is 16.5 Å². The predicted molar refractivity (Wildman–Crippen MR) is 67.4 cm³/mol. The van der Waals surface area contributed by atoms with Crippen LogP contribution in [0.25, 0.3) is 0 Å². The van der Waals surface area contributed by atoms with E-state index in [4.69, 9.17) is 16.3 Å². The Bertz CT molecular complexity index is 565. The molecule has 1 aromatic carbocycles. The number of hydrogen-bond acceptors (Lipinski definition) is 5. The van der Waals surface area contributed by atoms with Crippen LogP contribution in [-0.2, 0) is 6.61 Å². The van der Waals surface area contributed by atoms with Gasteiger partial charge in [0.25, 0.3) is 0 Å². The molecule has 96 valence electrons. The molecular formula is C10H7ClF2N2OS2. The third-order valence-corrected chi connectivity index (χ3v) is 4.14. The van der Waals surface area contributed by atoms with Gasteiger partial charge in [0.15, 0.2) is 20.9 Å². The van der Waals surface area contributed by atoms with Gasteiger partial charge in [-0.2, -0.15) is 4.39 Å². The number of thioether (sulfide) groups is 1. The van der Waals surface area contributed by atoms with Crippen molar-refractivity contribution in [3.63, 3.8) is 0 Å². The molecule has 0 N–H and O–H groups in total. The van der Waals surface area contributed by atoms with Crippen molar-refractivity contribution in [3.05, 3.63) is 33.8 Å². The molecule has 18 heavy (non-hydrogen) atoms. The molecule has 0 atom stereocenters. The average Bonchev–Trinajstić information content (AvgIpc) is 2.83. The second-order valence-electron chi connectivity index (χ2n) is 3.13.